The predicted molar refractivity (Wildman–Crippen MR) is 77.6 cm³/mol. The lowest BCUT2D eigenvalue weighted by Gasteiger charge is -2.24. The number of carbonyl (C=O) groups excluding carboxylic acids is 1. The number of amides is 1. The Morgan fingerprint density at radius 2 is 2.10 bits per heavy atom. The molecule has 1 saturated heterocycles. The van der Waals surface area contributed by atoms with Crippen LogP contribution in [0.5, 0.6) is 0 Å². The van der Waals surface area contributed by atoms with Gasteiger partial charge >= 0.3 is 6.09 Å². The smallest absolute Gasteiger partial charge is 0.410 e. The first-order chi connectivity index (χ1) is 9.33. The molecule has 0 spiro atoms. The molecule has 2 aliphatic rings. The highest BCUT2D eigenvalue weighted by atomic mass is 16.6. The SMILES string of the molecule is CC(C)(C)OC(=O)N1CCC(NCC2CCC(O)C2)C1. The average Bonchev–Trinajstić information content (AvgIpc) is 2.93. The summed E-state index contributed by atoms with van der Waals surface area (Å²) in [5, 5.41) is 13.0. The van der Waals surface area contributed by atoms with Crippen molar-refractivity contribution in [3.63, 3.8) is 0 Å². The van der Waals surface area contributed by atoms with Gasteiger partial charge in [0.1, 0.15) is 5.60 Å². The van der Waals surface area contributed by atoms with E-state index < -0.39 is 5.60 Å². The number of rotatable bonds is 3. The molecule has 1 saturated carbocycles. The number of nitrogens with one attached hydrogen (secondary N) is 1. The Balaban J connectivity index is 1.68. The number of carbonyl (C=O) groups is 1. The number of hydrogen-bond donors (Lipinski definition) is 2. The molecular formula is C15H28N2O3. The fourth-order valence-electron chi connectivity index (χ4n) is 2.99. The molecule has 0 aromatic rings. The van der Waals surface area contributed by atoms with Crippen LogP contribution in [0.3, 0.4) is 0 Å². The third kappa shape index (κ3) is 4.63. The van der Waals surface area contributed by atoms with E-state index in [1.807, 2.05) is 20.8 Å². The van der Waals surface area contributed by atoms with Gasteiger partial charge in [-0.1, -0.05) is 0 Å². The molecule has 1 heterocycles. The summed E-state index contributed by atoms with van der Waals surface area (Å²) in [6.07, 6.45) is 3.61. The first-order valence-electron chi connectivity index (χ1n) is 7.73. The molecule has 5 heteroatoms. The van der Waals surface area contributed by atoms with Crippen molar-refractivity contribution in [3.8, 4) is 0 Å². The predicted octanol–water partition coefficient (Wildman–Crippen LogP) is 1.75. The molecule has 5 nitrogen and oxygen atoms in total. The molecule has 1 aliphatic carbocycles. The van der Waals surface area contributed by atoms with Crippen LogP contribution in [0, 0.1) is 5.92 Å². The van der Waals surface area contributed by atoms with Gasteiger partial charge in [-0.3, -0.25) is 0 Å². The lowest BCUT2D eigenvalue weighted by atomic mass is 10.1. The second-order valence-corrected chi connectivity index (χ2v) is 7.15. The summed E-state index contributed by atoms with van der Waals surface area (Å²) in [6.45, 7) is 8.11. The Hall–Kier alpha value is -0.810. The Labute approximate surface area is 121 Å². The molecule has 2 N–H and O–H groups in total. The molecule has 0 aromatic heterocycles. The van der Waals surface area contributed by atoms with Gasteiger partial charge in [0.15, 0.2) is 0 Å². The third-order valence-corrected chi connectivity index (χ3v) is 4.05. The van der Waals surface area contributed by atoms with E-state index in [1.165, 1.54) is 0 Å². The van der Waals surface area contributed by atoms with E-state index >= 15 is 0 Å². The van der Waals surface area contributed by atoms with Crippen LogP contribution in [-0.2, 0) is 4.74 Å². The molecule has 0 bridgehead atoms. The molecule has 20 heavy (non-hydrogen) atoms. The second kappa shape index (κ2) is 6.31. The number of aliphatic hydroxyl groups is 1. The van der Waals surface area contributed by atoms with Crippen LogP contribution >= 0.6 is 0 Å². The number of nitrogens with zero attached hydrogens (tertiary/aromatic N) is 1. The minimum atomic E-state index is -0.428. The van der Waals surface area contributed by atoms with Crippen molar-refractivity contribution in [2.24, 2.45) is 5.92 Å². The maximum absolute atomic E-state index is 12.0. The summed E-state index contributed by atoms with van der Waals surface area (Å²) in [5.41, 5.74) is -0.428. The molecule has 0 aromatic carbocycles. The number of hydrogen-bond acceptors (Lipinski definition) is 4. The van der Waals surface area contributed by atoms with E-state index in [2.05, 4.69) is 5.32 Å². The molecule has 2 rings (SSSR count). The van der Waals surface area contributed by atoms with Gasteiger partial charge < -0.3 is 20.1 Å². The minimum Gasteiger partial charge on any atom is -0.444 e. The highest BCUT2D eigenvalue weighted by Gasteiger charge is 2.30. The summed E-state index contributed by atoms with van der Waals surface area (Å²) in [7, 11) is 0. The molecule has 0 radical (unpaired) electrons. The van der Waals surface area contributed by atoms with Crippen LogP contribution in [0.4, 0.5) is 4.79 Å². The van der Waals surface area contributed by atoms with Gasteiger partial charge in [0.05, 0.1) is 6.10 Å². The minimum absolute atomic E-state index is 0.108. The molecule has 1 aliphatic heterocycles. The van der Waals surface area contributed by atoms with Gasteiger partial charge in [0.2, 0.25) is 0 Å². The standard InChI is InChI=1S/C15H28N2O3/c1-15(2,3)20-14(19)17-7-6-12(10-17)16-9-11-4-5-13(18)8-11/h11-13,16,18H,4-10H2,1-3H3. The number of likely N-dealkylation sites (tertiary alicyclic amines) is 1. The van der Waals surface area contributed by atoms with Crippen LogP contribution in [0.2, 0.25) is 0 Å². The highest BCUT2D eigenvalue weighted by Crippen LogP contribution is 2.25. The summed E-state index contributed by atoms with van der Waals surface area (Å²) in [5.74, 6) is 0.584. The Kier molecular flexibility index (Phi) is 4.91. The monoisotopic (exact) mass is 284 g/mol. The molecular weight excluding hydrogens is 256 g/mol. The van der Waals surface area contributed by atoms with Crippen LogP contribution in [0.1, 0.15) is 46.5 Å². The van der Waals surface area contributed by atoms with Gasteiger partial charge in [-0.25, -0.2) is 4.79 Å². The van der Waals surface area contributed by atoms with Gasteiger partial charge in [-0.05, 0) is 58.9 Å². The Morgan fingerprint density at radius 3 is 2.70 bits per heavy atom. The largest absolute Gasteiger partial charge is 0.444 e. The fraction of sp³-hybridized carbons (Fsp3) is 0.933. The van der Waals surface area contributed by atoms with Gasteiger partial charge in [0.25, 0.3) is 0 Å². The average molecular weight is 284 g/mol. The molecule has 2 fully saturated rings. The summed E-state index contributed by atoms with van der Waals surface area (Å²) in [6, 6.07) is 0.361. The third-order valence-electron chi connectivity index (χ3n) is 4.05. The fourth-order valence-corrected chi connectivity index (χ4v) is 2.99. The van der Waals surface area contributed by atoms with E-state index in [1.54, 1.807) is 4.90 Å². The van der Waals surface area contributed by atoms with E-state index in [-0.39, 0.29) is 12.2 Å². The highest BCUT2D eigenvalue weighted by molar-refractivity contribution is 5.68. The van der Waals surface area contributed by atoms with Crippen molar-refractivity contribution in [2.45, 2.75) is 64.2 Å². The Morgan fingerprint density at radius 1 is 1.35 bits per heavy atom. The van der Waals surface area contributed by atoms with Crippen LogP contribution in [0.25, 0.3) is 0 Å². The van der Waals surface area contributed by atoms with Crippen molar-refractivity contribution in [2.75, 3.05) is 19.6 Å². The van der Waals surface area contributed by atoms with Crippen LogP contribution in [-0.4, -0.2) is 53.5 Å². The van der Waals surface area contributed by atoms with E-state index in [0.29, 0.717) is 12.0 Å². The Bertz CT molecular complexity index is 341. The van der Waals surface area contributed by atoms with Gasteiger partial charge in [-0.2, -0.15) is 0 Å². The van der Waals surface area contributed by atoms with E-state index in [0.717, 1.165) is 45.3 Å². The van der Waals surface area contributed by atoms with Crippen molar-refractivity contribution in [1.29, 1.82) is 0 Å². The van der Waals surface area contributed by atoms with Crippen molar-refractivity contribution in [1.82, 2.24) is 10.2 Å². The topological polar surface area (TPSA) is 61.8 Å². The zero-order valence-electron chi connectivity index (χ0n) is 12.9. The first-order valence-corrected chi connectivity index (χ1v) is 7.73. The summed E-state index contributed by atoms with van der Waals surface area (Å²) in [4.78, 5) is 13.7. The van der Waals surface area contributed by atoms with E-state index in [9.17, 15) is 9.90 Å². The molecule has 116 valence electrons. The lowest BCUT2D eigenvalue weighted by Crippen LogP contribution is -2.39. The van der Waals surface area contributed by atoms with Gasteiger partial charge in [0, 0.05) is 19.1 Å². The molecule has 3 atom stereocenters. The van der Waals surface area contributed by atoms with Crippen LogP contribution < -0.4 is 5.32 Å². The van der Waals surface area contributed by atoms with E-state index in [4.69, 9.17) is 4.74 Å². The van der Waals surface area contributed by atoms with Crippen molar-refractivity contribution in [3.05, 3.63) is 0 Å². The normalized spacial score (nSPS) is 30.8. The summed E-state index contributed by atoms with van der Waals surface area (Å²) < 4.78 is 5.39. The van der Waals surface area contributed by atoms with Gasteiger partial charge in [-0.15, -0.1) is 0 Å². The maximum atomic E-state index is 12.0. The lowest BCUT2D eigenvalue weighted by molar-refractivity contribution is 0.0291. The van der Waals surface area contributed by atoms with Crippen molar-refractivity contribution >= 4 is 6.09 Å². The quantitative estimate of drug-likeness (QED) is 0.829. The number of aliphatic hydroxyl groups excluding tert-OH is 1. The summed E-state index contributed by atoms with van der Waals surface area (Å²) >= 11 is 0. The molecule has 3 unspecified atom stereocenters. The maximum Gasteiger partial charge on any atom is 0.410 e. The number of ether oxygens (including phenoxy) is 1. The first kappa shape index (κ1) is 15.6. The van der Waals surface area contributed by atoms with Crippen LogP contribution in [0.15, 0.2) is 0 Å². The zero-order valence-corrected chi connectivity index (χ0v) is 12.9. The van der Waals surface area contributed by atoms with Crippen molar-refractivity contribution < 1.29 is 14.6 Å². The molecule has 1 amide bonds. The zero-order chi connectivity index (χ0) is 14.8. The second-order valence-electron chi connectivity index (χ2n) is 7.15.